The first-order chi connectivity index (χ1) is 8.10. The Labute approximate surface area is 110 Å². The molecule has 0 aliphatic carbocycles. The second-order valence-corrected chi connectivity index (χ2v) is 4.67. The molecule has 0 amide bonds. The van der Waals surface area contributed by atoms with Crippen LogP contribution in [0.5, 0.6) is 11.5 Å². The van der Waals surface area contributed by atoms with Gasteiger partial charge in [0.2, 0.25) is 0 Å². The molecule has 17 heavy (non-hydrogen) atoms. The summed E-state index contributed by atoms with van der Waals surface area (Å²) >= 11 is 3.29. The Morgan fingerprint density at radius 1 is 1.47 bits per heavy atom. The van der Waals surface area contributed by atoms with Gasteiger partial charge in [-0.25, -0.2) is 0 Å². The van der Waals surface area contributed by atoms with Crippen molar-refractivity contribution in [1.29, 1.82) is 0 Å². The SMILES string of the molecule is CCOc1cc([C@@H](N)CCCN)cc(Br)c1O. The van der Waals surface area contributed by atoms with Gasteiger partial charge in [-0.15, -0.1) is 0 Å². The first-order valence-electron chi connectivity index (χ1n) is 5.71. The summed E-state index contributed by atoms with van der Waals surface area (Å²) in [5.74, 6) is 0.571. The van der Waals surface area contributed by atoms with Crippen LogP contribution in [0.25, 0.3) is 0 Å². The second-order valence-electron chi connectivity index (χ2n) is 3.82. The molecule has 0 saturated carbocycles. The number of ether oxygens (including phenoxy) is 1. The smallest absolute Gasteiger partial charge is 0.172 e. The molecule has 0 bridgehead atoms. The maximum atomic E-state index is 9.78. The number of halogens is 1. The minimum atomic E-state index is -0.0883. The van der Waals surface area contributed by atoms with Crippen molar-refractivity contribution in [1.82, 2.24) is 0 Å². The van der Waals surface area contributed by atoms with Crippen LogP contribution in [0, 0.1) is 0 Å². The highest BCUT2D eigenvalue weighted by molar-refractivity contribution is 9.10. The highest BCUT2D eigenvalue weighted by atomic mass is 79.9. The normalized spacial score (nSPS) is 12.5. The van der Waals surface area contributed by atoms with Gasteiger partial charge in [0.25, 0.3) is 0 Å². The van der Waals surface area contributed by atoms with Crippen molar-refractivity contribution >= 4 is 15.9 Å². The average Bonchev–Trinajstić information content (AvgIpc) is 2.31. The van der Waals surface area contributed by atoms with Gasteiger partial charge >= 0.3 is 0 Å². The molecule has 0 radical (unpaired) electrons. The summed E-state index contributed by atoms with van der Waals surface area (Å²) in [5.41, 5.74) is 12.4. The van der Waals surface area contributed by atoms with E-state index in [0.29, 0.717) is 23.4 Å². The van der Waals surface area contributed by atoms with Crippen molar-refractivity contribution < 1.29 is 9.84 Å². The maximum absolute atomic E-state index is 9.78. The first kappa shape index (κ1) is 14.3. The highest BCUT2D eigenvalue weighted by Crippen LogP contribution is 2.37. The maximum Gasteiger partial charge on any atom is 0.172 e. The van der Waals surface area contributed by atoms with Gasteiger partial charge in [0, 0.05) is 6.04 Å². The van der Waals surface area contributed by atoms with Crippen molar-refractivity contribution in [2.24, 2.45) is 11.5 Å². The summed E-state index contributed by atoms with van der Waals surface area (Å²) in [7, 11) is 0. The van der Waals surface area contributed by atoms with Crippen LogP contribution in [0.4, 0.5) is 0 Å². The lowest BCUT2D eigenvalue weighted by Gasteiger charge is -2.15. The van der Waals surface area contributed by atoms with E-state index in [1.165, 1.54) is 0 Å². The van der Waals surface area contributed by atoms with Crippen molar-refractivity contribution in [3.05, 3.63) is 22.2 Å². The Balaban J connectivity index is 2.92. The predicted molar refractivity (Wildman–Crippen MR) is 72.2 cm³/mol. The van der Waals surface area contributed by atoms with E-state index in [1.54, 1.807) is 6.07 Å². The fourth-order valence-electron chi connectivity index (χ4n) is 1.58. The van der Waals surface area contributed by atoms with Crippen molar-refractivity contribution in [2.75, 3.05) is 13.2 Å². The molecule has 0 fully saturated rings. The van der Waals surface area contributed by atoms with E-state index in [4.69, 9.17) is 16.2 Å². The second kappa shape index (κ2) is 6.83. The molecule has 5 heteroatoms. The number of aromatic hydroxyl groups is 1. The van der Waals surface area contributed by atoms with Crippen LogP contribution in [-0.4, -0.2) is 18.3 Å². The third-order valence-corrected chi connectivity index (χ3v) is 3.10. The van der Waals surface area contributed by atoms with E-state index in [1.807, 2.05) is 13.0 Å². The third-order valence-electron chi connectivity index (χ3n) is 2.50. The number of nitrogens with two attached hydrogens (primary N) is 2. The predicted octanol–water partition coefficient (Wildman–Crippen LogP) is 2.29. The molecular weight excluding hydrogens is 284 g/mol. The van der Waals surface area contributed by atoms with Crippen molar-refractivity contribution in [3.8, 4) is 11.5 Å². The van der Waals surface area contributed by atoms with Crippen molar-refractivity contribution in [2.45, 2.75) is 25.8 Å². The van der Waals surface area contributed by atoms with Gasteiger partial charge in [-0.1, -0.05) is 0 Å². The van der Waals surface area contributed by atoms with Gasteiger partial charge < -0.3 is 21.3 Å². The summed E-state index contributed by atoms with van der Waals surface area (Å²) in [6, 6.07) is 3.51. The zero-order valence-corrected chi connectivity index (χ0v) is 11.5. The minimum absolute atomic E-state index is 0.0883. The molecule has 0 spiro atoms. The molecule has 0 aromatic heterocycles. The van der Waals surface area contributed by atoms with Crippen molar-refractivity contribution in [3.63, 3.8) is 0 Å². The summed E-state index contributed by atoms with van der Waals surface area (Å²) in [6.07, 6.45) is 1.70. The summed E-state index contributed by atoms with van der Waals surface area (Å²) in [6.45, 7) is 3.00. The molecule has 1 rings (SSSR count). The Kier molecular flexibility index (Phi) is 5.74. The van der Waals surface area contributed by atoms with Crippen LogP contribution in [0.1, 0.15) is 31.4 Å². The van der Waals surface area contributed by atoms with E-state index in [0.717, 1.165) is 18.4 Å². The number of rotatable bonds is 6. The van der Waals surface area contributed by atoms with Gasteiger partial charge in [-0.05, 0) is 59.9 Å². The molecule has 5 N–H and O–H groups in total. The van der Waals surface area contributed by atoms with E-state index < -0.39 is 0 Å². The lowest BCUT2D eigenvalue weighted by atomic mass is 10.0. The quantitative estimate of drug-likeness (QED) is 0.753. The van der Waals surface area contributed by atoms with Crippen LogP contribution in [-0.2, 0) is 0 Å². The molecule has 96 valence electrons. The molecule has 1 aromatic rings. The van der Waals surface area contributed by atoms with E-state index in [9.17, 15) is 5.11 Å². The summed E-state index contributed by atoms with van der Waals surface area (Å²) in [4.78, 5) is 0. The van der Waals surface area contributed by atoms with Crippen LogP contribution >= 0.6 is 15.9 Å². The first-order valence-corrected chi connectivity index (χ1v) is 6.50. The van der Waals surface area contributed by atoms with Gasteiger partial charge in [0.05, 0.1) is 11.1 Å². The highest BCUT2D eigenvalue weighted by Gasteiger charge is 2.13. The number of hydrogen-bond acceptors (Lipinski definition) is 4. The lowest BCUT2D eigenvalue weighted by Crippen LogP contribution is -2.12. The van der Waals surface area contributed by atoms with Gasteiger partial charge in [0.15, 0.2) is 11.5 Å². The summed E-state index contributed by atoms with van der Waals surface area (Å²) in [5, 5.41) is 9.78. The van der Waals surface area contributed by atoms with E-state index >= 15 is 0 Å². The number of hydrogen-bond donors (Lipinski definition) is 3. The van der Waals surface area contributed by atoms with Crippen LogP contribution < -0.4 is 16.2 Å². The topological polar surface area (TPSA) is 81.5 Å². The summed E-state index contributed by atoms with van der Waals surface area (Å²) < 4.78 is 5.95. The van der Waals surface area contributed by atoms with Gasteiger partial charge in [-0.2, -0.15) is 0 Å². The number of phenolic OH excluding ortho intramolecular Hbond substituents is 1. The zero-order valence-electron chi connectivity index (χ0n) is 9.95. The van der Waals surface area contributed by atoms with Gasteiger partial charge in [-0.3, -0.25) is 0 Å². The Bertz CT molecular complexity index is 372. The monoisotopic (exact) mass is 302 g/mol. The fraction of sp³-hybridized carbons (Fsp3) is 0.500. The number of phenols is 1. The van der Waals surface area contributed by atoms with E-state index in [-0.39, 0.29) is 11.8 Å². The molecule has 1 aromatic carbocycles. The standard InChI is InChI=1S/C12H19BrN2O2/c1-2-17-11-7-8(6-9(13)12(11)16)10(15)4-3-5-14/h6-7,10,16H,2-5,14-15H2,1H3/t10-/m0/s1. The van der Waals surface area contributed by atoms with Gasteiger partial charge in [0.1, 0.15) is 0 Å². The lowest BCUT2D eigenvalue weighted by molar-refractivity contribution is 0.316. The molecule has 0 heterocycles. The molecule has 0 aliphatic heterocycles. The molecule has 0 unspecified atom stereocenters. The average molecular weight is 303 g/mol. The molecule has 1 atom stereocenters. The molecule has 4 nitrogen and oxygen atoms in total. The molecule has 0 saturated heterocycles. The Hall–Kier alpha value is -0.780. The Morgan fingerprint density at radius 2 is 2.18 bits per heavy atom. The largest absolute Gasteiger partial charge is 0.503 e. The van der Waals surface area contributed by atoms with E-state index in [2.05, 4.69) is 15.9 Å². The van der Waals surface area contributed by atoms with Crippen LogP contribution in [0.3, 0.4) is 0 Å². The van der Waals surface area contributed by atoms with Crippen LogP contribution in [0.2, 0.25) is 0 Å². The Morgan fingerprint density at radius 3 is 2.76 bits per heavy atom. The molecular formula is C12H19BrN2O2. The molecule has 0 aliphatic rings. The zero-order chi connectivity index (χ0) is 12.8. The van der Waals surface area contributed by atoms with Crippen LogP contribution in [0.15, 0.2) is 16.6 Å². The minimum Gasteiger partial charge on any atom is -0.503 e. The fourth-order valence-corrected chi connectivity index (χ4v) is 2.04. The third kappa shape index (κ3) is 3.87. The number of benzene rings is 1.